The molecule has 0 atom stereocenters. The zero-order valence-corrected chi connectivity index (χ0v) is 6.29. The molecule has 0 aromatic heterocycles. The molecule has 0 aliphatic carbocycles. The summed E-state index contributed by atoms with van der Waals surface area (Å²) >= 11 is 0. The fourth-order valence-electron chi connectivity index (χ4n) is 0.846. The third kappa shape index (κ3) is 2.08. The lowest BCUT2D eigenvalue weighted by Gasteiger charge is -2.04. The Bertz CT molecular complexity index is 197. The van der Waals surface area contributed by atoms with Gasteiger partial charge in [-0.25, -0.2) is 0 Å². The van der Waals surface area contributed by atoms with E-state index >= 15 is 0 Å². The molecule has 0 bridgehead atoms. The highest BCUT2D eigenvalue weighted by Crippen LogP contribution is 2.12. The van der Waals surface area contributed by atoms with Gasteiger partial charge in [-0.2, -0.15) is 0 Å². The smallest absolute Gasteiger partial charge is 0.126 e. The largest absolute Gasteiger partial charge is 0.356 e. The second-order valence-electron chi connectivity index (χ2n) is 2.76. The molecule has 0 aromatic rings. The van der Waals surface area contributed by atoms with Gasteiger partial charge in [0.15, 0.2) is 0 Å². The molecule has 2 nitrogen and oxygen atoms in total. The minimum atomic E-state index is 0.658. The highest BCUT2D eigenvalue weighted by Gasteiger charge is 1.99. The molecule has 0 saturated carbocycles. The van der Waals surface area contributed by atoms with E-state index in [0.717, 1.165) is 12.0 Å². The van der Waals surface area contributed by atoms with Crippen molar-refractivity contribution in [1.82, 2.24) is 0 Å². The number of nitrogens with zero attached hydrogens (tertiary/aromatic N) is 1. The second-order valence-corrected chi connectivity index (χ2v) is 2.76. The van der Waals surface area contributed by atoms with Crippen LogP contribution in [0.4, 0.5) is 0 Å². The van der Waals surface area contributed by atoms with Crippen LogP contribution in [0, 0.1) is 5.92 Å². The summed E-state index contributed by atoms with van der Waals surface area (Å²) < 4.78 is 0. The first-order valence-corrected chi connectivity index (χ1v) is 3.42. The molecule has 1 aliphatic heterocycles. The Labute approximate surface area is 60.9 Å². The van der Waals surface area contributed by atoms with Gasteiger partial charge in [0.2, 0.25) is 0 Å². The summed E-state index contributed by atoms with van der Waals surface area (Å²) in [5.41, 5.74) is 1.16. The molecule has 0 spiro atoms. The Kier molecular flexibility index (Phi) is 2.30. The minimum Gasteiger partial charge on any atom is -0.356 e. The molecule has 0 unspecified atom stereocenters. The van der Waals surface area contributed by atoms with Crippen molar-refractivity contribution < 1.29 is 4.84 Å². The zero-order chi connectivity index (χ0) is 7.40. The third-order valence-corrected chi connectivity index (χ3v) is 1.20. The third-order valence-electron chi connectivity index (χ3n) is 1.20. The topological polar surface area (TPSA) is 21.6 Å². The summed E-state index contributed by atoms with van der Waals surface area (Å²) in [4.78, 5) is 4.70. The van der Waals surface area contributed by atoms with E-state index in [1.165, 1.54) is 0 Å². The van der Waals surface area contributed by atoms with Crippen LogP contribution in [0.5, 0.6) is 0 Å². The van der Waals surface area contributed by atoms with Crippen molar-refractivity contribution in [2.45, 2.75) is 20.3 Å². The Morgan fingerprint density at radius 3 is 3.00 bits per heavy atom. The molecule has 0 radical (unpaired) electrons. The molecule has 0 amide bonds. The average Bonchev–Trinajstić information content (AvgIpc) is 1.88. The van der Waals surface area contributed by atoms with E-state index < -0.39 is 0 Å². The maximum absolute atomic E-state index is 4.70. The van der Waals surface area contributed by atoms with E-state index in [0.29, 0.717) is 5.92 Å². The SMILES string of the molecule is CC(C)CC1=CON=C=C1. The van der Waals surface area contributed by atoms with Crippen molar-refractivity contribution >= 4 is 5.87 Å². The zero-order valence-electron chi connectivity index (χ0n) is 6.29. The first-order valence-electron chi connectivity index (χ1n) is 3.42. The summed E-state index contributed by atoms with van der Waals surface area (Å²) in [6.45, 7) is 4.33. The van der Waals surface area contributed by atoms with Crippen LogP contribution in [-0.4, -0.2) is 5.87 Å². The van der Waals surface area contributed by atoms with Crippen molar-refractivity contribution in [3.8, 4) is 0 Å². The molecule has 10 heavy (non-hydrogen) atoms. The van der Waals surface area contributed by atoms with Gasteiger partial charge in [0.05, 0.1) is 0 Å². The van der Waals surface area contributed by atoms with E-state index in [2.05, 4.69) is 24.9 Å². The normalized spacial score (nSPS) is 15.3. The first-order chi connectivity index (χ1) is 4.79. The maximum atomic E-state index is 4.70. The fourth-order valence-corrected chi connectivity index (χ4v) is 0.846. The molecule has 54 valence electrons. The van der Waals surface area contributed by atoms with Crippen molar-refractivity contribution in [2.24, 2.45) is 11.1 Å². The second kappa shape index (κ2) is 3.23. The summed E-state index contributed by atoms with van der Waals surface area (Å²) in [7, 11) is 0. The van der Waals surface area contributed by atoms with Crippen LogP contribution in [0.25, 0.3) is 0 Å². The Morgan fingerprint density at radius 1 is 1.70 bits per heavy atom. The van der Waals surface area contributed by atoms with Crippen molar-refractivity contribution in [1.29, 1.82) is 0 Å². The summed E-state index contributed by atoms with van der Waals surface area (Å²) in [5.74, 6) is 3.31. The molecule has 0 aromatic carbocycles. The Hall–Kier alpha value is -1.01. The van der Waals surface area contributed by atoms with Crippen LogP contribution in [-0.2, 0) is 4.84 Å². The number of rotatable bonds is 2. The van der Waals surface area contributed by atoms with E-state index in [9.17, 15) is 0 Å². The van der Waals surface area contributed by atoms with Crippen LogP contribution in [0.1, 0.15) is 20.3 Å². The lowest BCUT2D eigenvalue weighted by Crippen LogP contribution is -1.91. The number of hydrogen-bond donors (Lipinski definition) is 0. The van der Waals surface area contributed by atoms with Crippen LogP contribution in [0.3, 0.4) is 0 Å². The molecule has 2 heteroatoms. The van der Waals surface area contributed by atoms with Crippen molar-refractivity contribution in [3.05, 3.63) is 17.9 Å². The molecule has 0 fully saturated rings. The molecule has 0 N–H and O–H groups in total. The monoisotopic (exact) mass is 137 g/mol. The number of allylic oxidation sites excluding steroid dienone is 2. The summed E-state index contributed by atoms with van der Waals surface area (Å²) in [6, 6.07) is 0. The molecular formula is C8H11NO. The first kappa shape index (κ1) is 7.10. The highest BCUT2D eigenvalue weighted by molar-refractivity contribution is 5.57. The van der Waals surface area contributed by atoms with Crippen LogP contribution >= 0.6 is 0 Å². The molecule has 1 rings (SSSR count). The predicted molar refractivity (Wildman–Crippen MR) is 40.6 cm³/mol. The standard InChI is InChI=1S/C8H11NO/c1-7(2)5-8-3-4-9-10-6-8/h3,6-7H,5H2,1-2H3. The maximum Gasteiger partial charge on any atom is 0.126 e. The summed E-state index contributed by atoms with van der Waals surface area (Å²) in [5, 5.41) is 3.45. The van der Waals surface area contributed by atoms with Gasteiger partial charge in [0, 0.05) is 11.9 Å². The fraction of sp³-hybridized carbons (Fsp3) is 0.500. The van der Waals surface area contributed by atoms with Crippen LogP contribution in [0.15, 0.2) is 23.1 Å². The highest BCUT2D eigenvalue weighted by atomic mass is 16.6. The lowest BCUT2D eigenvalue weighted by molar-refractivity contribution is 0.265. The van der Waals surface area contributed by atoms with Crippen molar-refractivity contribution in [3.63, 3.8) is 0 Å². The van der Waals surface area contributed by atoms with Crippen LogP contribution in [0.2, 0.25) is 0 Å². The van der Waals surface area contributed by atoms with Gasteiger partial charge in [-0.15, -0.1) is 0 Å². The van der Waals surface area contributed by atoms with Gasteiger partial charge in [-0.1, -0.05) is 13.8 Å². The quantitative estimate of drug-likeness (QED) is 0.571. The van der Waals surface area contributed by atoms with E-state index in [-0.39, 0.29) is 0 Å². The lowest BCUT2D eigenvalue weighted by atomic mass is 10.0. The molecule has 1 aliphatic rings. The van der Waals surface area contributed by atoms with E-state index in [1.54, 1.807) is 6.26 Å². The van der Waals surface area contributed by atoms with E-state index in [1.807, 2.05) is 6.08 Å². The van der Waals surface area contributed by atoms with Gasteiger partial charge < -0.3 is 4.84 Å². The Morgan fingerprint density at radius 2 is 2.50 bits per heavy atom. The van der Waals surface area contributed by atoms with Gasteiger partial charge >= 0.3 is 0 Å². The van der Waals surface area contributed by atoms with Gasteiger partial charge in [-0.3, -0.25) is 0 Å². The number of hydrogen-bond acceptors (Lipinski definition) is 2. The molecule has 0 saturated heterocycles. The predicted octanol–water partition coefficient (Wildman–Crippen LogP) is 2.09. The van der Waals surface area contributed by atoms with E-state index in [4.69, 9.17) is 4.84 Å². The van der Waals surface area contributed by atoms with Crippen LogP contribution < -0.4 is 0 Å². The Balaban J connectivity index is 2.50. The van der Waals surface area contributed by atoms with Gasteiger partial charge in [-0.05, 0) is 23.1 Å². The van der Waals surface area contributed by atoms with Gasteiger partial charge in [0.25, 0.3) is 0 Å². The van der Waals surface area contributed by atoms with Gasteiger partial charge in [0.1, 0.15) is 6.26 Å². The van der Waals surface area contributed by atoms with Crippen molar-refractivity contribution in [2.75, 3.05) is 0 Å². The summed E-state index contributed by atoms with van der Waals surface area (Å²) in [6.07, 6.45) is 4.54. The minimum absolute atomic E-state index is 0.658. The molecular weight excluding hydrogens is 126 g/mol. The average molecular weight is 137 g/mol. The molecule has 1 heterocycles.